The van der Waals surface area contributed by atoms with Crippen LogP contribution in [0.3, 0.4) is 0 Å². The van der Waals surface area contributed by atoms with E-state index >= 15 is 0 Å². The second-order valence-corrected chi connectivity index (χ2v) is 11.9. The summed E-state index contributed by atoms with van der Waals surface area (Å²) >= 11 is 7.26. The Morgan fingerprint density at radius 3 is 2.73 bits per heavy atom. The number of ether oxygens (including phenoxy) is 3. The number of piperazine rings is 1. The van der Waals surface area contributed by atoms with Gasteiger partial charge in [0.05, 0.1) is 35.4 Å². The SMILES string of the molecule is C[C@@]1(c2ccc(Cl)cn2)Oc2cccc(N3CCN(Cc4nc5sc(C(=O)O)cc5n4C[C@@H]4CCO4)CC3)c2O1. The fourth-order valence-corrected chi connectivity index (χ4v) is 6.48. The number of anilines is 1. The zero-order valence-corrected chi connectivity index (χ0v) is 23.5. The molecule has 0 saturated carbocycles. The van der Waals surface area contributed by atoms with Crippen molar-refractivity contribution in [1.82, 2.24) is 19.4 Å². The van der Waals surface area contributed by atoms with Crippen LogP contribution in [0, 0.1) is 0 Å². The summed E-state index contributed by atoms with van der Waals surface area (Å²) in [6.45, 7) is 7.36. The molecule has 2 saturated heterocycles. The zero-order chi connectivity index (χ0) is 27.4. The largest absolute Gasteiger partial charge is 0.477 e. The molecular formula is C28H28ClN5O5S. The van der Waals surface area contributed by atoms with Gasteiger partial charge in [0.25, 0.3) is 5.79 Å². The number of pyridine rings is 1. The molecule has 4 aromatic rings. The fourth-order valence-electron chi connectivity index (χ4n) is 5.48. The molecule has 0 amide bonds. The highest BCUT2D eigenvalue weighted by Crippen LogP contribution is 2.49. The minimum absolute atomic E-state index is 0.150. The van der Waals surface area contributed by atoms with Gasteiger partial charge in [0, 0.05) is 45.9 Å². The van der Waals surface area contributed by atoms with E-state index < -0.39 is 11.8 Å². The van der Waals surface area contributed by atoms with Crippen LogP contribution in [0.4, 0.5) is 5.69 Å². The predicted molar refractivity (Wildman–Crippen MR) is 151 cm³/mol. The lowest BCUT2D eigenvalue weighted by Gasteiger charge is -2.36. The number of halogens is 1. The molecule has 3 aromatic heterocycles. The predicted octanol–water partition coefficient (Wildman–Crippen LogP) is 4.60. The van der Waals surface area contributed by atoms with Crippen molar-refractivity contribution in [2.24, 2.45) is 0 Å². The smallest absolute Gasteiger partial charge is 0.346 e. The maximum absolute atomic E-state index is 11.5. The van der Waals surface area contributed by atoms with Crippen LogP contribution in [0.15, 0.2) is 42.6 Å². The van der Waals surface area contributed by atoms with Crippen LogP contribution in [-0.2, 0) is 23.6 Å². The van der Waals surface area contributed by atoms with Crippen LogP contribution in [0.25, 0.3) is 10.3 Å². The first-order chi connectivity index (χ1) is 19.4. The van der Waals surface area contributed by atoms with E-state index in [4.69, 9.17) is 30.8 Å². The number of imidazole rings is 1. The number of hydrogen-bond donors (Lipinski definition) is 1. The van der Waals surface area contributed by atoms with E-state index in [1.54, 1.807) is 18.3 Å². The van der Waals surface area contributed by atoms with Crippen LogP contribution >= 0.6 is 22.9 Å². The van der Waals surface area contributed by atoms with E-state index in [0.29, 0.717) is 34.4 Å². The highest BCUT2D eigenvalue weighted by atomic mass is 35.5. The van der Waals surface area contributed by atoms with E-state index in [9.17, 15) is 9.90 Å². The minimum atomic E-state index is -1.03. The first-order valence-electron chi connectivity index (χ1n) is 13.3. The van der Waals surface area contributed by atoms with Gasteiger partial charge in [0.2, 0.25) is 0 Å². The van der Waals surface area contributed by atoms with Gasteiger partial charge in [-0.2, -0.15) is 0 Å². The molecule has 1 N–H and O–H groups in total. The maximum Gasteiger partial charge on any atom is 0.346 e. The third kappa shape index (κ3) is 4.56. The Bertz CT molecular complexity index is 1580. The summed E-state index contributed by atoms with van der Waals surface area (Å²) in [7, 11) is 0. The first kappa shape index (κ1) is 25.6. The number of thiophene rings is 1. The van der Waals surface area contributed by atoms with Crippen molar-refractivity contribution in [1.29, 1.82) is 0 Å². The summed E-state index contributed by atoms with van der Waals surface area (Å²) in [5.74, 6) is 0.421. The lowest BCUT2D eigenvalue weighted by atomic mass is 10.2. The fraction of sp³-hybridized carbons (Fsp3) is 0.393. The third-order valence-corrected chi connectivity index (χ3v) is 8.98. The van der Waals surface area contributed by atoms with Crippen LogP contribution in [0.2, 0.25) is 5.02 Å². The first-order valence-corrected chi connectivity index (χ1v) is 14.5. The topological polar surface area (TPSA) is 102 Å². The minimum Gasteiger partial charge on any atom is -0.477 e. The van der Waals surface area contributed by atoms with Gasteiger partial charge in [0.15, 0.2) is 11.5 Å². The number of hydrogen-bond acceptors (Lipinski definition) is 9. The average Bonchev–Trinajstić information content (AvgIpc) is 3.58. The molecule has 2 fully saturated rings. The van der Waals surface area contributed by atoms with Gasteiger partial charge in [-0.05, 0) is 36.8 Å². The van der Waals surface area contributed by atoms with Crippen molar-refractivity contribution in [2.75, 3.05) is 37.7 Å². The van der Waals surface area contributed by atoms with E-state index in [1.165, 1.54) is 11.3 Å². The number of carbonyl (C=O) groups is 1. The summed E-state index contributed by atoms with van der Waals surface area (Å²) in [6, 6.07) is 11.3. The average molecular weight is 582 g/mol. The van der Waals surface area contributed by atoms with Crippen LogP contribution in [0.1, 0.15) is 34.5 Å². The molecule has 6 heterocycles. The quantitative estimate of drug-likeness (QED) is 0.335. The van der Waals surface area contributed by atoms with Gasteiger partial charge in [0.1, 0.15) is 21.2 Å². The Hall–Kier alpha value is -3.38. The summed E-state index contributed by atoms with van der Waals surface area (Å²) in [4.78, 5) is 26.6. The molecule has 0 spiro atoms. The van der Waals surface area contributed by atoms with Gasteiger partial charge in [-0.25, -0.2) is 9.78 Å². The van der Waals surface area contributed by atoms with Crippen molar-refractivity contribution < 1.29 is 24.1 Å². The number of para-hydroxylation sites is 1. The highest BCUT2D eigenvalue weighted by Gasteiger charge is 2.42. The molecule has 0 bridgehead atoms. The Balaban J connectivity index is 1.06. The lowest BCUT2D eigenvalue weighted by Crippen LogP contribution is -2.46. The number of aromatic nitrogens is 3. The molecule has 0 aliphatic carbocycles. The Morgan fingerprint density at radius 2 is 2.02 bits per heavy atom. The second-order valence-electron chi connectivity index (χ2n) is 10.4. The van der Waals surface area contributed by atoms with Gasteiger partial charge in [-0.1, -0.05) is 17.7 Å². The Kier molecular flexibility index (Phi) is 6.34. The van der Waals surface area contributed by atoms with Gasteiger partial charge >= 0.3 is 5.97 Å². The van der Waals surface area contributed by atoms with E-state index in [0.717, 1.165) is 66.8 Å². The van der Waals surface area contributed by atoms with Crippen molar-refractivity contribution in [3.8, 4) is 11.5 Å². The Labute approximate surface area is 239 Å². The molecular weight excluding hydrogens is 554 g/mol. The summed E-state index contributed by atoms with van der Waals surface area (Å²) in [5.41, 5.74) is 2.53. The summed E-state index contributed by atoms with van der Waals surface area (Å²) in [5, 5.41) is 10.0. The maximum atomic E-state index is 11.5. The van der Waals surface area contributed by atoms with Gasteiger partial charge < -0.3 is 28.8 Å². The molecule has 0 radical (unpaired) electrons. The van der Waals surface area contributed by atoms with Crippen molar-refractivity contribution in [2.45, 2.75) is 38.3 Å². The standard InChI is InChI=1S/C28H28ClN5O5S/c1-28(23-6-5-17(29)14-30-23)38-21-4-2-3-19(25(21)39-28)33-10-8-32(9-11-33)16-24-31-26-20(13-22(40-26)27(35)36)34(24)15-18-7-12-37-18/h2-6,13-14,18H,7-12,15-16H2,1H3,(H,35,36)/t18-,28+/m0/s1. The van der Waals surface area contributed by atoms with Gasteiger partial charge in [-0.3, -0.25) is 9.88 Å². The summed E-state index contributed by atoms with van der Waals surface area (Å²) < 4.78 is 20.5. The van der Waals surface area contributed by atoms with E-state index in [2.05, 4.69) is 25.4 Å². The van der Waals surface area contributed by atoms with Crippen molar-refractivity contribution >= 4 is 44.9 Å². The zero-order valence-electron chi connectivity index (χ0n) is 21.9. The normalized spacial score (nSPS) is 22.6. The summed E-state index contributed by atoms with van der Waals surface area (Å²) in [6.07, 6.45) is 2.75. The monoisotopic (exact) mass is 581 g/mol. The molecule has 0 unspecified atom stereocenters. The number of benzene rings is 1. The Morgan fingerprint density at radius 1 is 1.20 bits per heavy atom. The number of nitrogens with zero attached hydrogens (tertiary/aromatic N) is 5. The van der Waals surface area contributed by atoms with Crippen LogP contribution < -0.4 is 14.4 Å². The molecule has 1 aromatic carbocycles. The molecule has 3 aliphatic rings. The highest BCUT2D eigenvalue weighted by molar-refractivity contribution is 7.20. The van der Waals surface area contributed by atoms with Crippen molar-refractivity contribution in [3.63, 3.8) is 0 Å². The van der Waals surface area contributed by atoms with E-state index in [-0.39, 0.29) is 6.10 Å². The number of aromatic carboxylic acids is 1. The molecule has 3 aliphatic heterocycles. The number of carboxylic acid groups (broad SMARTS) is 1. The lowest BCUT2D eigenvalue weighted by molar-refractivity contribution is -0.0716. The number of rotatable bonds is 7. The molecule has 2 atom stereocenters. The molecule has 208 valence electrons. The van der Waals surface area contributed by atoms with E-state index in [1.807, 2.05) is 25.1 Å². The third-order valence-electron chi connectivity index (χ3n) is 7.75. The van der Waals surface area contributed by atoms with Crippen molar-refractivity contribution in [3.05, 3.63) is 64.0 Å². The van der Waals surface area contributed by atoms with Crippen LogP contribution in [0.5, 0.6) is 11.5 Å². The molecule has 40 heavy (non-hydrogen) atoms. The van der Waals surface area contributed by atoms with Gasteiger partial charge in [-0.15, -0.1) is 11.3 Å². The molecule has 7 rings (SSSR count). The number of carboxylic acids is 1. The number of fused-ring (bicyclic) bond motifs is 2. The second kappa shape index (κ2) is 9.91. The molecule has 10 nitrogen and oxygen atoms in total. The van der Waals surface area contributed by atoms with Crippen LogP contribution in [-0.4, -0.2) is 69.4 Å². The molecule has 12 heteroatoms.